The van der Waals surface area contributed by atoms with Gasteiger partial charge in [0.15, 0.2) is 0 Å². The van der Waals surface area contributed by atoms with Crippen molar-refractivity contribution >= 4 is 5.97 Å². The molecule has 0 spiro atoms. The van der Waals surface area contributed by atoms with E-state index in [0.29, 0.717) is 0 Å². The maximum atomic E-state index is 10.2. The van der Waals surface area contributed by atoms with E-state index in [1.165, 1.54) is 14.0 Å². The first-order valence-corrected chi connectivity index (χ1v) is 2.85. The van der Waals surface area contributed by atoms with Crippen LogP contribution in [0.15, 0.2) is 5.29 Å². The van der Waals surface area contributed by atoms with Crippen LogP contribution in [0, 0.1) is 10.8 Å². The van der Waals surface area contributed by atoms with Crippen LogP contribution in [0.5, 0.6) is 0 Å². The minimum Gasteiger partial charge on any atom is -0.481 e. The Labute approximate surface area is 58.6 Å². The fraction of sp³-hybridized carbons (Fsp3) is 0.800. The van der Waals surface area contributed by atoms with Crippen LogP contribution >= 0.6 is 0 Å². The number of carboxylic acid groups (broad SMARTS) is 1. The molecule has 1 atom stereocenters. The summed E-state index contributed by atoms with van der Waals surface area (Å²) >= 11 is 0. The Morgan fingerprint density at radius 1 is 1.80 bits per heavy atom. The topological polar surface area (TPSA) is 70.0 Å². The van der Waals surface area contributed by atoms with Gasteiger partial charge < -0.3 is 5.11 Å². The quantitative estimate of drug-likeness (QED) is 0.458. The Hall–Kier alpha value is -1.13. The summed E-state index contributed by atoms with van der Waals surface area (Å²) in [5.41, 5.74) is 0. The van der Waals surface area contributed by atoms with Crippen molar-refractivity contribution in [1.82, 2.24) is 5.01 Å². The molecule has 5 nitrogen and oxygen atoms in total. The zero-order valence-corrected chi connectivity index (χ0v) is 5.94. The molecule has 0 aliphatic carbocycles. The minimum atomic E-state index is -0.921. The van der Waals surface area contributed by atoms with Gasteiger partial charge in [-0.15, -0.1) is 4.91 Å². The summed E-state index contributed by atoms with van der Waals surface area (Å²) in [6.07, 6.45) is 0. The van der Waals surface area contributed by atoms with Crippen LogP contribution in [-0.2, 0) is 4.79 Å². The second-order valence-electron chi connectivity index (χ2n) is 2.16. The number of hydrogen-bond donors (Lipinski definition) is 1. The average Bonchev–Trinajstić information content (AvgIpc) is 1.87. The van der Waals surface area contributed by atoms with Crippen LogP contribution in [-0.4, -0.2) is 29.7 Å². The van der Waals surface area contributed by atoms with Gasteiger partial charge in [-0.05, 0) is 0 Å². The van der Waals surface area contributed by atoms with Crippen LogP contribution in [0.2, 0.25) is 0 Å². The maximum Gasteiger partial charge on any atom is 0.308 e. The minimum absolute atomic E-state index is 0.152. The van der Waals surface area contributed by atoms with E-state index < -0.39 is 11.9 Å². The SMILES string of the molecule is CC(CN(C)N=O)C(=O)O. The lowest BCUT2D eigenvalue weighted by Crippen LogP contribution is -2.24. The molecule has 0 saturated heterocycles. The number of carbonyl (C=O) groups is 1. The van der Waals surface area contributed by atoms with E-state index in [9.17, 15) is 9.70 Å². The highest BCUT2D eigenvalue weighted by Gasteiger charge is 2.12. The average molecular weight is 146 g/mol. The molecule has 0 aliphatic heterocycles. The Morgan fingerprint density at radius 2 is 2.30 bits per heavy atom. The number of carboxylic acids is 1. The molecule has 0 amide bonds. The summed E-state index contributed by atoms with van der Waals surface area (Å²) in [6.45, 7) is 1.67. The Kier molecular flexibility index (Phi) is 3.38. The van der Waals surface area contributed by atoms with E-state index in [4.69, 9.17) is 5.11 Å². The highest BCUT2D eigenvalue weighted by Crippen LogP contribution is 1.97. The zero-order chi connectivity index (χ0) is 8.15. The number of nitrogens with zero attached hydrogens (tertiary/aromatic N) is 2. The maximum absolute atomic E-state index is 10.2. The largest absolute Gasteiger partial charge is 0.481 e. The van der Waals surface area contributed by atoms with E-state index >= 15 is 0 Å². The van der Waals surface area contributed by atoms with Crippen LogP contribution in [0.1, 0.15) is 6.92 Å². The molecule has 58 valence electrons. The first-order valence-electron chi connectivity index (χ1n) is 2.85. The van der Waals surface area contributed by atoms with Crippen molar-refractivity contribution in [1.29, 1.82) is 0 Å². The van der Waals surface area contributed by atoms with Crippen molar-refractivity contribution in [3.05, 3.63) is 4.91 Å². The van der Waals surface area contributed by atoms with Gasteiger partial charge in [-0.1, -0.05) is 6.92 Å². The van der Waals surface area contributed by atoms with Crippen molar-refractivity contribution < 1.29 is 9.90 Å². The number of rotatable bonds is 4. The molecule has 0 saturated carbocycles. The summed E-state index contributed by atoms with van der Waals surface area (Å²) in [5.74, 6) is -1.47. The summed E-state index contributed by atoms with van der Waals surface area (Å²) in [7, 11) is 1.44. The molecule has 0 rings (SSSR count). The first-order chi connectivity index (χ1) is 4.57. The third-order valence-electron chi connectivity index (χ3n) is 1.10. The molecule has 0 aromatic carbocycles. The summed E-state index contributed by atoms with van der Waals surface area (Å²) < 4.78 is 0. The predicted molar refractivity (Wildman–Crippen MR) is 35.2 cm³/mol. The molecule has 0 bridgehead atoms. The molecule has 0 heterocycles. The fourth-order valence-electron chi connectivity index (χ4n) is 0.508. The van der Waals surface area contributed by atoms with E-state index in [2.05, 4.69) is 5.29 Å². The normalized spacial score (nSPS) is 12.2. The third kappa shape index (κ3) is 3.01. The van der Waals surface area contributed by atoms with Gasteiger partial charge in [-0.25, -0.2) is 0 Å². The van der Waals surface area contributed by atoms with Gasteiger partial charge in [0.25, 0.3) is 0 Å². The molecular formula is C5H10N2O3. The molecule has 0 aromatic rings. The fourth-order valence-corrected chi connectivity index (χ4v) is 0.508. The lowest BCUT2D eigenvalue weighted by molar-refractivity contribution is -0.141. The number of hydrogen-bond acceptors (Lipinski definition) is 3. The molecule has 5 heteroatoms. The van der Waals surface area contributed by atoms with Crippen molar-refractivity contribution in [3.63, 3.8) is 0 Å². The van der Waals surface area contributed by atoms with Crippen molar-refractivity contribution in [3.8, 4) is 0 Å². The monoisotopic (exact) mass is 146 g/mol. The zero-order valence-electron chi connectivity index (χ0n) is 5.94. The van der Waals surface area contributed by atoms with Crippen molar-refractivity contribution in [2.75, 3.05) is 13.6 Å². The predicted octanol–water partition coefficient (Wildman–Crippen LogP) is 0.320. The highest BCUT2D eigenvalue weighted by atomic mass is 16.4. The molecule has 1 N–H and O–H groups in total. The van der Waals surface area contributed by atoms with E-state index in [0.717, 1.165) is 5.01 Å². The summed E-state index contributed by atoms with van der Waals surface area (Å²) in [4.78, 5) is 19.9. The van der Waals surface area contributed by atoms with Gasteiger partial charge in [0, 0.05) is 7.05 Å². The highest BCUT2D eigenvalue weighted by molar-refractivity contribution is 5.69. The lowest BCUT2D eigenvalue weighted by atomic mass is 10.2. The number of aliphatic carboxylic acids is 1. The molecular weight excluding hydrogens is 136 g/mol. The van der Waals surface area contributed by atoms with Gasteiger partial charge in [-0.2, -0.15) is 0 Å². The van der Waals surface area contributed by atoms with Gasteiger partial charge in [0.05, 0.1) is 17.7 Å². The Bertz CT molecular complexity index is 137. The Morgan fingerprint density at radius 3 is 2.60 bits per heavy atom. The second kappa shape index (κ2) is 3.81. The van der Waals surface area contributed by atoms with Crippen LogP contribution in [0.25, 0.3) is 0 Å². The van der Waals surface area contributed by atoms with Crippen LogP contribution in [0.4, 0.5) is 0 Å². The van der Waals surface area contributed by atoms with Crippen molar-refractivity contribution in [2.45, 2.75) is 6.92 Å². The van der Waals surface area contributed by atoms with Gasteiger partial charge in [-0.3, -0.25) is 9.80 Å². The summed E-state index contributed by atoms with van der Waals surface area (Å²) in [6, 6.07) is 0. The molecule has 1 unspecified atom stereocenters. The molecule has 0 radical (unpaired) electrons. The second-order valence-corrected chi connectivity index (χ2v) is 2.16. The van der Waals surface area contributed by atoms with Gasteiger partial charge >= 0.3 is 5.97 Å². The Balaban J connectivity index is 3.67. The smallest absolute Gasteiger partial charge is 0.308 e. The van der Waals surface area contributed by atoms with Crippen molar-refractivity contribution in [2.24, 2.45) is 11.2 Å². The molecule has 0 fully saturated rings. The standard InChI is InChI=1S/C5H10N2O3/c1-4(5(8)9)3-7(2)6-10/h4H,3H2,1-2H3,(H,8,9). The number of nitroso groups, excluding NO2 is 1. The van der Waals surface area contributed by atoms with Crippen LogP contribution in [0.3, 0.4) is 0 Å². The van der Waals surface area contributed by atoms with Gasteiger partial charge in [0.1, 0.15) is 0 Å². The van der Waals surface area contributed by atoms with E-state index in [-0.39, 0.29) is 6.54 Å². The molecule has 0 aromatic heterocycles. The lowest BCUT2D eigenvalue weighted by Gasteiger charge is -2.10. The third-order valence-corrected chi connectivity index (χ3v) is 1.10. The first kappa shape index (κ1) is 8.87. The molecule has 0 aliphatic rings. The molecule has 10 heavy (non-hydrogen) atoms. The summed E-state index contributed by atoms with van der Waals surface area (Å²) in [5, 5.41) is 11.9. The van der Waals surface area contributed by atoms with E-state index in [1.54, 1.807) is 0 Å². The van der Waals surface area contributed by atoms with Crippen LogP contribution < -0.4 is 0 Å². The van der Waals surface area contributed by atoms with E-state index in [1.807, 2.05) is 0 Å². The van der Waals surface area contributed by atoms with Gasteiger partial charge in [0.2, 0.25) is 0 Å².